The van der Waals surface area contributed by atoms with Crippen molar-refractivity contribution >= 4 is 0 Å². The first-order valence-electron chi connectivity index (χ1n) is 7.20. The molecule has 0 fully saturated rings. The van der Waals surface area contributed by atoms with Gasteiger partial charge in [0.15, 0.2) is 0 Å². The molecule has 3 nitrogen and oxygen atoms in total. The lowest BCUT2D eigenvalue weighted by Crippen LogP contribution is -2.18. The molecule has 0 aromatic heterocycles. The van der Waals surface area contributed by atoms with Gasteiger partial charge in [-0.2, -0.15) is 0 Å². The molecule has 2 aromatic rings. The second-order valence-corrected chi connectivity index (χ2v) is 5.39. The van der Waals surface area contributed by atoms with Gasteiger partial charge in [0.1, 0.15) is 18.1 Å². The highest BCUT2D eigenvalue weighted by atomic mass is 16.5. The lowest BCUT2D eigenvalue weighted by Gasteiger charge is -2.16. The first-order valence-corrected chi connectivity index (χ1v) is 7.20. The van der Waals surface area contributed by atoms with Crippen LogP contribution in [0.1, 0.15) is 23.6 Å². The third-order valence-electron chi connectivity index (χ3n) is 3.36. The molecular weight excluding hydrogens is 262 g/mol. The van der Waals surface area contributed by atoms with Gasteiger partial charge in [0.25, 0.3) is 0 Å². The van der Waals surface area contributed by atoms with Gasteiger partial charge in [-0.1, -0.05) is 30.3 Å². The fraction of sp³-hybridized carbons (Fsp3) is 0.333. The Balaban J connectivity index is 2.18. The normalized spacial score (nSPS) is 12.0. The van der Waals surface area contributed by atoms with E-state index in [4.69, 9.17) is 15.2 Å². The first-order chi connectivity index (χ1) is 10.1. The number of hydrogen-bond donors (Lipinski definition) is 1. The van der Waals surface area contributed by atoms with Gasteiger partial charge in [-0.3, -0.25) is 0 Å². The van der Waals surface area contributed by atoms with Crippen molar-refractivity contribution in [1.29, 1.82) is 0 Å². The summed E-state index contributed by atoms with van der Waals surface area (Å²) in [5.41, 5.74) is 9.21. The molecule has 0 aliphatic carbocycles. The molecule has 3 heteroatoms. The Hall–Kier alpha value is -2.00. The number of aryl methyl sites for hydroxylation is 1. The van der Waals surface area contributed by atoms with E-state index in [0.717, 1.165) is 34.6 Å². The Morgan fingerprint density at radius 2 is 1.81 bits per heavy atom. The van der Waals surface area contributed by atoms with E-state index < -0.39 is 0 Å². The average Bonchev–Trinajstić information content (AvgIpc) is 2.47. The minimum atomic E-state index is 0.0866. The zero-order valence-electron chi connectivity index (χ0n) is 12.9. The van der Waals surface area contributed by atoms with E-state index in [1.54, 1.807) is 7.11 Å². The smallest absolute Gasteiger partial charge is 0.123 e. The van der Waals surface area contributed by atoms with Crippen LogP contribution < -0.4 is 15.2 Å². The molecule has 112 valence electrons. The number of methoxy groups -OCH3 is 1. The lowest BCUT2D eigenvalue weighted by atomic mass is 10.0. The molecule has 0 heterocycles. The monoisotopic (exact) mass is 285 g/mol. The van der Waals surface area contributed by atoms with E-state index in [-0.39, 0.29) is 6.04 Å². The van der Waals surface area contributed by atoms with Gasteiger partial charge in [-0.15, -0.1) is 0 Å². The molecule has 2 aromatic carbocycles. The van der Waals surface area contributed by atoms with Crippen LogP contribution in [0.2, 0.25) is 0 Å². The molecule has 21 heavy (non-hydrogen) atoms. The standard InChI is InChI=1S/C18H23NO2/c1-13-9-18(20-3)16(10-14(2)19)11-17(13)21-12-15-7-5-4-6-8-15/h4-9,11,14H,10,12,19H2,1-3H3. The number of hydrogen-bond acceptors (Lipinski definition) is 3. The molecule has 0 saturated carbocycles. The third-order valence-corrected chi connectivity index (χ3v) is 3.36. The maximum absolute atomic E-state index is 5.95. The summed E-state index contributed by atoms with van der Waals surface area (Å²) in [6.45, 7) is 4.58. The SMILES string of the molecule is COc1cc(C)c(OCc2ccccc2)cc1CC(C)N. The number of nitrogens with two attached hydrogens (primary N) is 1. The largest absolute Gasteiger partial charge is 0.496 e. The molecule has 1 unspecified atom stereocenters. The maximum Gasteiger partial charge on any atom is 0.123 e. The molecule has 0 amide bonds. The van der Waals surface area contributed by atoms with Gasteiger partial charge in [-0.05, 0) is 49.1 Å². The van der Waals surface area contributed by atoms with Gasteiger partial charge in [0.05, 0.1) is 7.11 Å². The van der Waals surface area contributed by atoms with Gasteiger partial charge in [0.2, 0.25) is 0 Å². The molecule has 0 saturated heterocycles. The van der Waals surface area contributed by atoms with Crippen molar-refractivity contribution in [3.63, 3.8) is 0 Å². The van der Waals surface area contributed by atoms with Gasteiger partial charge in [-0.25, -0.2) is 0 Å². The topological polar surface area (TPSA) is 44.5 Å². The molecule has 2 rings (SSSR count). The molecule has 2 N–H and O–H groups in total. The third kappa shape index (κ3) is 4.23. The van der Waals surface area contributed by atoms with Crippen LogP contribution in [0.4, 0.5) is 0 Å². The summed E-state index contributed by atoms with van der Waals surface area (Å²) in [7, 11) is 1.68. The molecule has 0 aliphatic heterocycles. The summed E-state index contributed by atoms with van der Waals surface area (Å²) in [5, 5.41) is 0. The van der Waals surface area contributed by atoms with Crippen LogP contribution in [0.3, 0.4) is 0 Å². The van der Waals surface area contributed by atoms with Crippen LogP contribution in [0.5, 0.6) is 11.5 Å². The molecule has 0 bridgehead atoms. The Labute approximate surface area is 126 Å². The summed E-state index contributed by atoms with van der Waals surface area (Å²) in [5.74, 6) is 1.76. The Morgan fingerprint density at radius 3 is 2.43 bits per heavy atom. The van der Waals surface area contributed by atoms with Crippen LogP contribution in [-0.4, -0.2) is 13.2 Å². The Kier molecular flexibility index (Phi) is 5.23. The van der Waals surface area contributed by atoms with Gasteiger partial charge < -0.3 is 15.2 Å². The van der Waals surface area contributed by atoms with Gasteiger partial charge in [0, 0.05) is 6.04 Å². The summed E-state index contributed by atoms with van der Waals surface area (Å²) < 4.78 is 11.4. The van der Waals surface area contributed by atoms with Crippen molar-refractivity contribution in [3.05, 3.63) is 59.2 Å². The van der Waals surface area contributed by atoms with Crippen LogP contribution in [-0.2, 0) is 13.0 Å². The van der Waals surface area contributed by atoms with Crippen molar-refractivity contribution < 1.29 is 9.47 Å². The predicted octanol–water partition coefficient (Wildman–Crippen LogP) is 3.47. The molecule has 0 radical (unpaired) electrons. The van der Waals surface area contributed by atoms with Crippen molar-refractivity contribution in [2.75, 3.05) is 7.11 Å². The Morgan fingerprint density at radius 1 is 1.10 bits per heavy atom. The van der Waals surface area contributed by atoms with Gasteiger partial charge >= 0.3 is 0 Å². The zero-order chi connectivity index (χ0) is 15.2. The average molecular weight is 285 g/mol. The molecule has 0 spiro atoms. The summed E-state index contributed by atoms with van der Waals surface area (Å²) in [6, 6.07) is 14.3. The second kappa shape index (κ2) is 7.14. The van der Waals surface area contributed by atoms with Crippen LogP contribution in [0, 0.1) is 6.92 Å². The molecule has 0 aliphatic rings. The first kappa shape index (κ1) is 15.4. The number of benzene rings is 2. The van der Waals surface area contributed by atoms with Crippen molar-refractivity contribution in [2.45, 2.75) is 32.9 Å². The zero-order valence-corrected chi connectivity index (χ0v) is 12.9. The van der Waals surface area contributed by atoms with E-state index >= 15 is 0 Å². The van der Waals surface area contributed by atoms with E-state index in [1.807, 2.05) is 44.2 Å². The Bertz CT molecular complexity index is 579. The summed E-state index contributed by atoms with van der Waals surface area (Å²) in [6.07, 6.45) is 0.769. The predicted molar refractivity (Wildman–Crippen MR) is 85.9 cm³/mol. The van der Waals surface area contributed by atoms with Crippen molar-refractivity contribution in [1.82, 2.24) is 0 Å². The van der Waals surface area contributed by atoms with E-state index in [1.165, 1.54) is 0 Å². The number of rotatable bonds is 6. The number of ether oxygens (including phenoxy) is 2. The van der Waals surface area contributed by atoms with Crippen LogP contribution in [0.15, 0.2) is 42.5 Å². The second-order valence-electron chi connectivity index (χ2n) is 5.39. The van der Waals surface area contributed by atoms with Crippen molar-refractivity contribution in [3.8, 4) is 11.5 Å². The fourth-order valence-electron chi connectivity index (χ4n) is 2.29. The van der Waals surface area contributed by atoms with E-state index in [2.05, 4.69) is 12.1 Å². The highest BCUT2D eigenvalue weighted by Gasteiger charge is 2.11. The maximum atomic E-state index is 5.95. The minimum Gasteiger partial charge on any atom is -0.496 e. The minimum absolute atomic E-state index is 0.0866. The molecular formula is C18H23NO2. The summed E-state index contributed by atoms with van der Waals surface area (Å²) >= 11 is 0. The highest BCUT2D eigenvalue weighted by molar-refractivity contribution is 5.46. The van der Waals surface area contributed by atoms with Crippen LogP contribution >= 0.6 is 0 Å². The molecule has 1 atom stereocenters. The quantitative estimate of drug-likeness (QED) is 0.884. The lowest BCUT2D eigenvalue weighted by molar-refractivity contribution is 0.302. The highest BCUT2D eigenvalue weighted by Crippen LogP contribution is 2.29. The van der Waals surface area contributed by atoms with Crippen molar-refractivity contribution in [2.24, 2.45) is 5.73 Å². The summed E-state index contributed by atoms with van der Waals surface area (Å²) in [4.78, 5) is 0. The fourth-order valence-corrected chi connectivity index (χ4v) is 2.29. The van der Waals surface area contributed by atoms with E-state index in [0.29, 0.717) is 6.61 Å². The van der Waals surface area contributed by atoms with Crippen LogP contribution in [0.25, 0.3) is 0 Å². The van der Waals surface area contributed by atoms with E-state index in [9.17, 15) is 0 Å².